The molecule has 0 unspecified atom stereocenters. The van der Waals surface area contributed by atoms with E-state index in [2.05, 4.69) is 58.9 Å². The van der Waals surface area contributed by atoms with Gasteiger partial charge >= 0.3 is 0 Å². The van der Waals surface area contributed by atoms with E-state index in [9.17, 15) is 5.11 Å². The van der Waals surface area contributed by atoms with Crippen LogP contribution in [0.2, 0.25) is 0 Å². The molecule has 0 fully saturated rings. The Hall–Kier alpha value is -3.47. The van der Waals surface area contributed by atoms with Crippen LogP contribution in [-0.4, -0.2) is 17.2 Å². The van der Waals surface area contributed by atoms with Crippen molar-refractivity contribution >= 4 is 37.6 Å². The minimum absolute atomic E-state index is 0.347. The monoisotopic (exact) mass is 523 g/mol. The average molecular weight is 524 g/mol. The summed E-state index contributed by atoms with van der Waals surface area (Å²) in [7, 11) is 1.63. The van der Waals surface area contributed by atoms with Gasteiger partial charge in [0.15, 0.2) is 0 Å². The molecule has 0 amide bonds. The maximum absolute atomic E-state index is 12.7. The second-order valence-corrected chi connectivity index (χ2v) is 9.63. The molecule has 1 N–H and O–H groups in total. The third-order valence-corrected chi connectivity index (χ3v) is 7.09. The Morgan fingerprint density at radius 3 is 2.46 bits per heavy atom. The molecule has 4 heteroatoms. The van der Waals surface area contributed by atoms with Crippen molar-refractivity contribution in [1.29, 1.82) is 0 Å². The Morgan fingerprint density at radius 2 is 1.69 bits per heavy atom. The Kier molecular flexibility index (Phi) is 6.42. The van der Waals surface area contributed by atoms with E-state index in [0.717, 1.165) is 42.8 Å². The molecule has 174 valence electrons. The standard InChI is InChI=1S/C31H26BrNO2/c1-3-18-31(34,27-15-9-13-21-10-7-8-14-25(21)27)29(22-11-5-4-6-12-22)26-20-23-19-24(32)16-17-28(23)33-30(26)35-2/h3-17,19-20,29,34H,1,18H2,2H3/t29-,31+/m1/s1. The Labute approximate surface area is 213 Å². The van der Waals surface area contributed by atoms with Gasteiger partial charge in [0.2, 0.25) is 5.88 Å². The van der Waals surface area contributed by atoms with Gasteiger partial charge in [0, 0.05) is 21.3 Å². The number of fused-ring (bicyclic) bond motifs is 2. The normalized spacial score (nSPS) is 13.9. The topological polar surface area (TPSA) is 42.4 Å². The van der Waals surface area contributed by atoms with Crippen molar-refractivity contribution in [2.75, 3.05) is 7.11 Å². The first-order valence-corrected chi connectivity index (χ1v) is 12.3. The maximum Gasteiger partial charge on any atom is 0.217 e. The molecule has 0 saturated heterocycles. The van der Waals surface area contributed by atoms with Crippen molar-refractivity contribution in [1.82, 2.24) is 4.98 Å². The number of ether oxygens (including phenoxy) is 1. The van der Waals surface area contributed by atoms with Gasteiger partial charge in [-0.2, -0.15) is 0 Å². The lowest BCUT2D eigenvalue weighted by molar-refractivity contribution is 0.0228. The van der Waals surface area contributed by atoms with Gasteiger partial charge < -0.3 is 9.84 Å². The number of aromatic nitrogens is 1. The second kappa shape index (κ2) is 9.65. The SMILES string of the molecule is C=CC[C@](O)(c1cccc2ccccc12)[C@H](c1ccccc1)c1cc2cc(Br)ccc2nc1OC. The molecule has 2 atom stereocenters. The molecule has 0 saturated carbocycles. The predicted octanol–water partition coefficient (Wildman–Crippen LogP) is 7.75. The molecule has 0 spiro atoms. The lowest BCUT2D eigenvalue weighted by Gasteiger charge is -2.38. The summed E-state index contributed by atoms with van der Waals surface area (Å²) in [6, 6.07) is 32.4. The number of aliphatic hydroxyl groups is 1. The van der Waals surface area contributed by atoms with Crippen LogP contribution in [0.3, 0.4) is 0 Å². The second-order valence-electron chi connectivity index (χ2n) is 8.71. The molecule has 5 aromatic rings. The summed E-state index contributed by atoms with van der Waals surface area (Å²) in [6.45, 7) is 4.01. The molecule has 0 aliphatic rings. The third kappa shape index (κ3) is 4.24. The van der Waals surface area contributed by atoms with E-state index < -0.39 is 11.5 Å². The van der Waals surface area contributed by atoms with Crippen molar-refractivity contribution in [3.8, 4) is 5.88 Å². The largest absolute Gasteiger partial charge is 0.481 e. The minimum Gasteiger partial charge on any atom is -0.481 e. The summed E-state index contributed by atoms with van der Waals surface area (Å²) in [5.74, 6) is 0.0368. The Morgan fingerprint density at radius 1 is 0.943 bits per heavy atom. The van der Waals surface area contributed by atoms with Gasteiger partial charge in [-0.1, -0.05) is 94.8 Å². The summed E-state index contributed by atoms with van der Waals surface area (Å²) >= 11 is 3.58. The molecule has 0 radical (unpaired) electrons. The Balaban J connectivity index is 1.85. The predicted molar refractivity (Wildman–Crippen MR) is 147 cm³/mol. The van der Waals surface area contributed by atoms with E-state index in [4.69, 9.17) is 9.72 Å². The van der Waals surface area contributed by atoms with Crippen LogP contribution in [-0.2, 0) is 5.60 Å². The zero-order chi connectivity index (χ0) is 24.4. The number of halogens is 1. The fourth-order valence-corrected chi connectivity index (χ4v) is 5.46. The van der Waals surface area contributed by atoms with E-state index in [1.165, 1.54) is 0 Å². The molecule has 1 heterocycles. The highest BCUT2D eigenvalue weighted by Gasteiger charge is 2.42. The van der Waals surface area contributed by atoms with Crippen LogP contribution < -0.4 is 4.74 Å². The van der Waals surface area contributed by atoms with Gasteiger partial charge in [0.1, 0.15) is 5.60 Å². The van der Waals surface area contributed by atoms with E-state index in [1.54, 1.807) is 13.2 Å². The summed E-state index contributed by atoms with van der Waals surface area (Å²) in [5.41, 5.74) is 2.16. The van der Waals surface area contributed by atoms with Gasteiger partial charge in [-0.3, -0.25) is 0 Å². The molecule has 1 aromatic heterocycles. The van der Waals surface area contributed by atoms with Crippen LogP contribution in [0.25, 0.3) is 21.7 Å². The summed E-state index contributed by atoms with van der Waals surface area (Å²) in [6.07, 6.45) is 2.13. The van der Waals surface area contributed by atoms with Gasteiger partial charge in [0.25, 0.3) is 0 Å². The van der Waals surface area contributed by atoms with Crippen molar-refractivity contribution in [3.63, 3.8) is 0 Å². The quantitative estimate of drug-likeness (QED) is 0.221. The first kappa shape index (κ1) is 23.3. The highest BCUT2D eigenvalue weighted by atomic mass is 79.9. The zero-order valence-corrected chi connectivity index (χ0v) is 21.1. The summed E-state index contributed by atoms with van der Waals surface area (Å²) in [4.78, 5) is 4.83. The smallest absolute Gasteiger partial charge is 0.217 e. The number of pyridine rings is 1. The molecular formula is C31H26BrNO2. The zero-order valence-electron chi connectivity index (χ0n) is 19.5. The highest BCUT2D eigenvalue weighted by molar-refractivity contribution is 9.10. The molecular weight excluding hydrogens is 498 g/mol. The number of nitrogens with zero attached hydrogens (tertiary/aromatic N) is 1. The molecule has 0 aliphatic heterocycles. The number of hydrogen-bond donors (Lipinski definition) is 1. The number of rotatable bonds is 7. The van der Waals surface area contributed by atoms with Crippen molar-refractivity contribution in [3.05, 3.63) is 131 Å². The van der Waals surface area contributed by atoms with Crippen molar-refractivity contribution in [2.45, 2.75) is 17.9 Å². The average Bonchev–Trinajstić information content (AvgIpc) is 2.89. The molecule has 35 heavy (non-hydrogen) atoms. The van der Waals surface area contributed by atoms with E-state index in [1.807, 2.05) is 60.7 Å². The first-order chi connectivity index (χ1) is 17.0. The van der Waals surface area contributed by atoms with Gasteiger partial charge in [-0.25, -0.2) is 4.98 Å². The van der Waals surface area contributed by atoms with Crippen LogP contribution in [0.1, 0.15) is 29.0 Å². The first-order valence-electron chi connectivity index (χ1n) is 11.6. The van der Waals surface area contributed by atoms with Crippen LogP contribution in [0.15, 0.2) is 114 Å². The minimum atomic E-state index is -1.31. The lowest BCUT2D eigenvalue weighted by atomic mass is 9.70. The summed E-state index contributed by atoms with van der Waals surface area (Å²) < 4.78 is 6.79. The van der Waals surface area contributed by atoms with Gasteiger partial charge in [-0.05, 0) is 52.6 Å². The van der Waals surface area contributed by atoms with E-state index in [0.29, 0.717) is 12.3 Å². The van der Waals surface area contributed by atoms with Gasteiger partial charge in [0.05, 0.1) is 12.6 Å². The molecule has 4 aromatic carbocycles. The highest BCUT2D eigenvalue weighted by Crippen LogP contribution is 2.49. The van der Waals surface area contributed by atoms with Crippen LogP contribution >= 0.6 is 15.9 Å². The van der Waals surface area contributed by atoms with Crippen LogP contribution in [0.4, 0.5) is 0 Å². The third-order valence-electron chi connectivity index (χ3n) is 6.60. The maximum atomic E-state index is 12.7. The fourth-order valence-electron chi connectivity index (χ4n) is 5.08. The van der Waals surface area contributed by atoms with E-state index >= 15 is 0 Å². The number of benzene rings is 4. The Bertz CT molecular complexity index is 1510. The summed E-state index contributed by atoms with van der Waals surface area (Å²) in [5, 5.41) is 15.8. The number of methoxy groups -OCH3 is 1. The lowest BCUT2D eigenvalue weighted by Crippen LogP contribution is -2.34. The van der Waals surface area contributed by atoms with E-state index in [-0.39, 0.29) is 0 Å². The molecule has 5 rings (SSSR count). The molecule has 3 nitrogen and oxygen atoms in total. The molecule has 0 aliphatic carbocycles. The van der Waals surface area contributed by atoms with Crippen LogP contribution in [0, 0.1) is 0 Å². The van der Waals surface area contributed by atoms with Crippen molar-refractivity contribution in [2.24, 2.45) is 0 Å². The fraction of sp³-hybridized carbons (Fsp3) is 0.129. The van der Waals surface area contributed by atoms with Crippen molar-refractivity contribution < 1.29 is 9.84 Å². The molecule has 0 bridgehead atoms. The van der Waals surface area contributed by atoms with Crippen LogP contribution in [0.5, 0.6) is 5.88 Å². The van der Waals surface area contributed by atoms with Gasteiger partial charge in [-0.15, -0.1) is 6.58 Å². The number of hydrogen-bond acceptors (Lipinski definition) is 3.